The number of rotatable bonds is 3. The third-order valence-electron chi connectivity index (χ3n) is 7.39. The molecule has 0 spiro atoms. The minimum absolute atomic E-state index is 0.00737. The van der Waals surface area contributed by atoms with E-state index in [9.17, 15) is 9.59 Å². The summed E-state index contributed by atoms with van der Waals surface area (Å²) in [5.41, 5.74) is 2.79. The molecule has 4 nitrogen and oxygen atoms in total. The predicted molar refractivity (Wildman–Crippen MR) is 106 cm³/mol. The van der Waals surface area contributed by atoms with E-state index in [0.717, 1.165) is 38.5 Å². The number of benzene rings is 1. The number of ether oxygens (including phenoxy) is 2. The van der Waals surface area contributed by atoms with E-state index in [1.807, 2.05) is 12.1 Å². The zero-order chi connectivity index (χ0) is 19.9. The van der Waals surface area contributed by atoms with Crippen LogP contribution in [0.15, 0.2) is 18.2 Å². The van der Waals surface area contributed by atoms with E-state index in [-0.39, 0.29) is 29.9 Å². The molecule has 0 aliphatic heterocycles. The molecule has 3 aliphatic carbocycles. The van der Waals surface area contributed by atoms with E-state index in [1.165, 1.54) is 18.1 Å². The second kappa shape index (κ2) is 7.28. The normalized spacial score (nSPS) is 33.0. The highest BCUT2D eigenvalue weighted by Crippen LogP contribution is 2.61. The molecule has 0 bridgehead atoms. The zero-order valence-electron chi connectivity index (χ0n) is 16.7. The van der Waals surface area contributed by atoms with Crippen LogP contribution in [0.1, 0.15) is 69.4 Å². The van der Waals surface area contributed by atoms with Gasteiger partial charge in [0.1, 0.15) is 18.3 Å². The first-order chi connectivity index (χ1) is 13.4. The highest BCUT2D eigenvalue weighted by molar-refractivity contribution is 5.72. The van der Waals surface area contributed by atoms with Crippen molar-refractivity contribution in [3.8, 4) is 18.1 Å². The minimum Gasteiger partial charge on any atom is -0.461 e. The summed E-state index contributed by atoms with van der Waals surface area (Å²) in [7, 11) is 0. The lowest BCUT2D eigenvalue weighted by atomic mass is 9.55. The van der Waals surface area contributed by atoms with E-state index in [1.54, 1.807) is 0 Å². The summed E-state index contributed by atoms with van der Waals surface area (Å²) >= 11 is 0. The molecule has 4 rings (SSSR count). The Kier molecular flexibility index (Phi) is 4.95. The third kappa shape index (κ3) is 3.21. The Labute approximate surface area is 167 Å². The Hall–Kier alpha value is -2.28. The molecule has 2 fully saturated rings. The van der Waals surface area contributed by atoms with Gasteiger partial charge in [0.15, 0.2) is 0 Å². The monoisotopic (exact) mass is 380 g/mol. The highest BCUT2D eigenvalue weighted by Gasteiger charge is 2.56. The fraction of sp³-hybridized carbons (Fsp3) is 0.583. The zero-order valence-corrected chi connectivity index (χ0v) is 16.7. The van der Waals surface area contributed by atoms with Crippen LogP contribution in [-0.2, 0) is 20.7 Å². The van der Waals surface area contributed by atoms with Crippen molar-refractivity contribution in [2.75, 3.05) is 0 Å². The molecule has 0 aromatic heterocycles. The average molecular weight is 380 g/mol. The van der Waals surface area contributed by atoms with E-state index in [4.69, 9.17) is 15.9 Å². The Bertz CT molecular complexity index is 835. The van der Waals surface area contributed by atoms with Crippen LogP contribution in [0.5, 0.6) is 5.75 Å². The maximum absolute atomic E-state index is 12.0. The molecule has 3 aliphatic rings. The van der Waals surface area contributed by atoms with Crippen molar-refractivity contribution in [2.45, 2.75) is 70.8 Å². The van der Waals surface area contributed by atoms with E-state index < -0.39 is 0 Å². The molecule has 1 aromatic rings. The third-order valence-corrected chi connectivity index (χ3v) is 7.39. The fourth-order valence-electron chi connectivity index (χ4n) is 6.22. The van der Waals surface area contributed by atoms with Crippen LogP contribution in [0.3, 0.4) is 0 Å². The van der Waals surface area contributed by atoms with Crippen LogP contribution in [0.25, 0.3) is 0 Å². The number of hydrogen-bond acceptors (Lipinski definition) is 4. The van der Waals surface area contributed by atoms with Gasteiger partial charge in [-0.25, -0.2) is 0 Å². The van der Waals surface area contributed by atoms with Crippen LogP contribution < -0.4 is 4.74 Å². The molecule has 148 valence electrons. The van der Waals surface area contributed by atoms with Crippen LogP contribution in [-0.4, -0.2) is 18.0 Å². The number of aryl methyl sites for hydroxylation is 1. The number of carbonyl (C=O) groups excluding carboxylic acids is 2. The minimum atomic E-state index is -0.279. The summed E-state index contributed by atoms with van der Waals surface area (Å²) in [6, 6.07) is 6.13. The summed E-state index contributed by atoms with van der Waals surface area (Å²) in [5, 5.41) is 0. The molecular weight excluding hydrogens is 352 g/mol. The van der Waals surface area contributed by atoms with E-state index >= 15 is 0 Å². The molecule has 4 heteroatoms. The average Bonchev–Trinajstić information content (AvgIpc) is 2.97. The smallest absolute Gasteiger partial charge is 0.318 e. The molecule has 0 radical (unpaired) electrons. The molecular formula is C24H28O4. The van der Waals surface area contributed by atoms with Crippen LogP contribution in [0.4, 0.5) is 0 Å². The quantitative estimate of drug-likeness (QED) is 0.443. The van der Waals surface area contributed by atoms with Gasteiger partial charge in [-0.1, -0.05) is 18.9 Å². The summed E-state index contributed by atoms with van der Waals surface area (Å²) < 4.78 is 11.1. The molecule has 0 saturated heterocycles. The number of fused-ring (bicyclic) bond motifs is 5. The van der Waals surface area contributed by atoms with Gasteiger partial charge in [-0.3, -0.25) is 9.59 Å². The SMILES string of the molecule is C#CCC(=O)O[C@H]1CC[C@H]2[C@@H]3CCc4cc(OC(C)=O)ccc4[C@H]3CC[C@]12C. The molecule has 0 N–H and O–H groups in total. The second-order valence-electron chi connectivity index (χ2n) is 8.85. The molecule has 0 heterocycles. The van der Waals surface area contributed by atoms with Crippen molar-refractivity contribution >= 4 is 11.9 Å². The molecule has 0 unspecified atom stereocenters. The molecule has 28 heavy (non-hydrogen) atoms. The van der Waals surface area contributed by atoms with Gasteiger partial charge in [-0.15, -0.1) is 6.42 Å². The Morgan fingerprint density at radius 1 is 1.25 bits per heavy atom. The number of hydrogen-bond donors (Lipinski definition) is 0. The van der Waals surface area contributed by atoms with Crippen molar-refractivity contribution in [3.63, 3.8) is 0 Å². The van der Waals surface area contributed by atoms with Gasteiger partial charge in [-0.05, 0) is 79.5 Å². The first-order valence-corrected chi connectivity index (χ1v) is 10.4. The molecule has 1 aromatic carbocycles. The van der Waals surface area contributed by atoms with Crippen molar-refractivity contribution in [1.29, 1.82) is 0 Å². The predicted octanol–water partition coefficient (Wildman–Crippen LogP) is 4.40. The number of carbonyl (C=O) groups is 2. The van der Waals surface area contributed by atoms with Crippen molar-refractivity contribution < 1.29 is 19.1 Å². The van der Waals surface area contributed by atoms with E-state index in [0.29, 0.717) is 23.5 Å². The number of terminal acetylenes is 1. The van der Waals surface area contributed by atoms with Gasteiger partial charge in [0.2, 0.25) is 0 Å². The first-order valence-electron chi connectivity index (χ1n) is 10.4. The molecule has 2 saturated carbocycles. The summed E-state index contributed by atoms with van der Waals surface area (Å²) in [4.78, 5) is 23.2. The highest BCUT2D eigenvalue weighted by atomic mass is 16.5. The fourth-order valence-corrected chi connectivity index (χ4v) is 6.22. The lowest BCUT2D eigenvalue weighted by Crippen LogP contribution is -2.45. The van der Waals surface area contributed by atoms with Crippen LogP contribution in [0.2, 0.25) is 0 Å². The Balaban J connectivity index is 1.54. The van der Waals surface area contributed by atoms with Gasteiger partial charge in [0, 0.05) is 12.3 Å². The first kappa shape index (κ1) is 19.1. The summed E-state index contributed by atoms with van der Waals surface area (Å²) in [6.45, 7) is 3.75. The van der Waals surface area contributed by atoms with Gasteiger partial charge in [-0.2, -0.15) is 0 Å². The Morgan fingerprint density at radius 3 is 2.82 bits per heavy atom. The largest absolute Gasteiger partial charge is 0.461 e. The van der Waals surface area contributed by atoms with Gasteiger partial charge in [0.25, 0.3) is 0 Å². The van der Waals surface area contributed by atoms with Gasteiger partial charge >= 0.3 is 11.9 Å². The lowest BCUT2D eigenvalue weighted by Gasteiger charge is -2.50. The standard InChI is InChI=1S/C24H28O4/c1-4-5-23(26)28-22-11-10-21-20-8-6-16-14-17(27-15(2)25)7-9-18(16)19(20)12-13-24(21,22)3/h1,7,9,14,19-22H,5-6,8,10-13H2,2-3H3/t19-,20-,21+,22+,24+/m1/s1. The van der Waals surface area contributed by atoms with Crippen LogP contribution in [0, 0.1) is 29.6 Å². The van der Waals surface area contributed by atoms with Crippen molar-refractivity contribution in [3.05, 3.63) is 29.3 Å². The summed E-state index contributed by atoms with van der Waals surface area (Å²) in [5.74, 6) is 4.25. The lowest BCUT2D eigenvalue weighted by molar-refractivity contribution is -0.156. The topological polar surface area (TPSA) is 52.6 Å². The van der Waals surface area contributed by atoms with Crippen molar-refractivity contribution in [2.24, 2.45) is 17.3 Å². The Morgan fingerprint density at radius 2 is 2.07 bits per heavy atom. The van der Waals surface area contributed by atoms with Crippen LogP contribution >= 0.6 is 0 Å². The second-order valence-corrected chi connectivity index (χ2v) is 8.85. The molecule has 5 atom stereocenters. The van der Waals surface area contributed by atoms with Gasteiger partial charge in [0.05, 0.1) is 0 Å². The van der Waals surface area contributed by atoms with Gasteiger partial charge < -0.3 is 9.47 Å². The maximum Gasteiger partial charge on any atom is 0.318 e. The maximum atomic E-state index is 12.0. The molecule has 0 amide bonds. The van der Waals surface area contributed by atoms with E-state index in [2.05, 4.69) is 18.9 Å². The van der Waals surface area contributed by atoms with Crippen molar-refractivity contribution in [1.82, 2.24) is 0 Å². The number of esters is 2. The summed E-state index contributed by atoms with van der Waals surface area (Å²) in [6.07, 6.45) is 11.7.